The van der Waals surface area contributed by atoms with E-state index in [9.17, 15) is 0 Å². The van der Waals surface area contributed by atoms with Gasteiger partial charge < -0.3 is 9.64 Å². The highest BCUT2D eigenvalue weighted by Gasteiger charge is 2.24. The summed E-state index contributed by atoms with van der Waals surface area (Å²) in [5, 5.41) is 3.91. The molecule has 3 aromatic rings. The fourth-order valence-corrected chi connectivity index (χ4v) is 4.22. The van der Waals surface area contributed by atoms with Gasteiger partial charge in [0, 0.05) is 42.8 Å². The largest absolute Gasteiger partial charge is 0.472 e. The van der Waals surface area contributed by atoms with Gasteiger partial charge in [0.15, 0.2) is 5.82 Å². The standard InChI is InChI=1S/C20H22ClN5OS/c1-15(20-23-5-10-28-20)25-6-8-26(9-7-25)18-12-22-13-19(24-18)27-14-16-3-2-4-17(21)11-16/h2-5,10-13,15H,6-9,14H2,1H3. The molecule has 28 heavy (non-hydrogen) atoms. The maximum atomic E-state index is 6.02. The van der Waals surface area contributed by atoms with Gasteiger partial charge in [0.1, 0.15) is 11.6 Å². The Kier molecular flexibility index (Phi) is 6.04. The minimum atomic E-state index is 0.348. The second kappa shape index (κ2) is 8.86. The van der Waals surface area contributed by atoms with Gasteiger partial charge in [0.25, 0.3) is 0 Å². The summed E-state index contributed by atoms with van der Waals surface area (Å²) in [6.07, 6.45) is 5.32. The normalized spacial score (nSPS) is 16.1. The van der Waals surface area contributed by atoms with Crippen LogP contribution in [0.25, 0.3) is 0 Å². The lowest BCUT2D eigenvalue weighted by Crippen LogP contribution is -2.47. The summed E-state index contributed by atoms with van der Waals surface area (Å²) < 4.78 is 5.81. The Hall–Kier alpha value is -2.22. The Morgan fingerprint density at radius 1 is 1.21 bits per heavy atom. The molecule has 1 aliphatic heterocycles. The average Bonchev–Trinajstić information content (AvgIpc) is 3.27. The molecule has 146 valence electrons. The number of halogens is 1. The molecule has 8 heteroatoms. The third-order valence-electron chi connectivity index (χ3n) is 4.87. The molecule has 1 aromatic carbocycles. The average molecular weight is 416 g/mol. The number of hydrogen-bond donors (Lipinski definition) is 0. The maximum Gasteiger partial charge on any atom is 0.234 e. The molecule has 0 bridgehead atoms. The van der Waals surface area contributed by atoms with Crippen molar-refractivity contribution in [3.63, 3.8) is 0 Å². The van der Waals surface area contributed by atoms with E-state index >= 15 is 0 Å². The van der Waals surface area contributed by atoms with Gasteiger partial charge in [-0.2, -0.15) is 4.98 Å². The first-order valence-corrected chi connectivity index (χ1v) is 10.5. The third kappa shape index (κ3) is 4.60. The van der Waals surface area contributed by atoms with Crippen LogP contribution in [0.4, 0.5) is 5.82 Å². The van der Waals surface area contributed by atoms with Gasteiger partial charge in [-0.15, -0.1) is 11.3 Å². The highest BCUT2D eigenvalue weighted by atomic mass is 35.5. The van der Waals surface area contributed by atoms with Gasteiger partial charge in [-0.1, -0.05) is 23.7 Å². The molecule has 1 unspecified atom stereocenters. The van der Waals surface area contributed by atoms with E-state index in [-0.39, 0.29) is 0 Å². The first-order valence-electron chi connectivity index (χ1n) is 9.27. The predicted octanol–water partition coefficient (Wildman–Crippen LogP) is 4.05. The molecule has 0 aliphatic carbocycles. The number of benzene rings is 1. The smallest absolute Gasteiger partial charge is 0.234 e. The van der Waals surface area contributed by atoms with Crippen LogP contribution in [0.15, 0.2) is 48.2 Å². The van der Waals surface area contributed by atoms with Crippen LogP contribution in [0.2, 0.25) is 5.02 Å². The van der Waals surface area contributed by atoms with Crippen molar-refractivity contribution in [1.82, 2.24) is 19.9 Å². The number of aromatic nitrogens is 3. The van der Waals surface area contributed by atoms with Gasteiger partial charge >= 0.3 is 0 Å². The maximum absolute atomic E-state index is 6.02. The number of rotatable bonds is 6. The quantitative estimate of drug-likeness (QED) is 0.605. The molecule has 2 aromatic heterocycles. The van der Waals surface area contributed by atoms with E-state index < -0.39 is 0 Å². The van der Waals surface area contributed by atoms with E-state index in [1.165, 1.54) is 5.01 Å². The lowest BCUT2D eigenvalue weighted by Gasteiger charge is -2.37. The molecule has 1 saturated heterocycles. The summed E-state index contributed by atoms with van der Waals surface area (Å²) in [5.41, 5.74) is 1.00. The molecule has 1 aliphatic rings. The van der Waals surface area contributed by atoms with E-state index in [0.29, 0.717) is 23.6 Å². The Morgan fingerprint density at radius 2 is 2.07 bits per heavy atom. The molecule has 0 amide bonds. The fraction of sp³-hybridized carbons (Fsp3) is 0.350. The van der Waals surface area contributed by atoms with Crippen LogP contribution >= 0.6 is 22.9 Å². The van der Waals surface area contributed by atoms with Gasteiger partial charge in [0.2, 0.25) is 5.88 Å². The minimum Gasteiger partial charge on any atom is -0.472 e. The van der Waals surface area contributed by atoms with E-state index in [1.807, 2.05) is 35.8 Å². The molecule has 0 saturated carbocycles. The van der Waals surface area contributed by atoms with Crippen molar-refractivity contribution in [1.29, 1.82) is 0 Å². The first kappa shape index (κ1) is 19.1. The second-order valence-corrected chi connectivity index (χ2v) is 8.07. The van der Waals surface area contributed by atoms with E-state index in [4.69, 9.17) is 16.3 Å². The molecule has 4 rings (SSSR count). The molecular weight excluding hydrogens is 394 g/mol. The van der Waals surface area contributed by atoms with Crippen LogP contribution in [-0.4, -0.2) is 46.0 Å². The Bertz CT molecular complexity index is 899. The Labute approximate surface area is 173 Å². The second-order valence-electron chi connectivity index (χ2n) is 6.70. The lowest BCUT2D eigenvalue weighted by molar-refractivity contribution is 0.197. The van der Waals surface area contributed by atoms with E-state index in [2.05, 4.69) is 31.7 Å². The zero-order valence-corrected chi connectivity index (χ0v) is 17.2. The van der Waals surface area contributed by atoms with Gasteiger partial charge in [-0.25, -0.2) is 4.98 Å². The number of thiazole rings is 1. The highest BCUT2D eigenvalue weighted by Crippen LogP contribution is 2.25. The summed E-state index contributed by atoms with van der Waals surface area (Å²) in [6, 6.07) is 7.98. The monoisotopic (exact) mass is 415 g/mol. The fourth-order valence-electron chi connectivity index (χ4n) is 3.28. The van der Waals surface area contributed by atoms with Crippen molar-refractivity contribution in [2.45, 2.75) is 19.6 Å². The topological polar surface area (TPSA) is 54.4 Å². The number of hydrogen-bond acceptors (Lipinski definition) is 7. The predicted molar refractivity (Wildman–Crippen MR) is 112 cm³/mol. The zero-order chi connectivity index (χ0) is 19.3. The molecule has 6 nitrogen and oxygen atoms in total. The summed E-state index contributed by atoms with van der Waals surface area (Å²) in [5.74, 6) is 1.38. The summed E-state index contributed by atoms with van der Waals surface area (Å²) in [4.78, 5) is 18.1. The molecule has 1 atom stereocenters. The summed E-state index contributed by atoms with van der Waals surface area (Å²) >= 11 is 7.74. The lowest BCUT2D eigenvalue weighted by atomic mass is 10.2. The third-order valence-corrected chi connectivity index (χ3v) is 6.05. The highest BCUT2D eigenvalue weighted by molar-refractivity contribution is 7.09. The van der Waals surface area contributed by atoms with Crippen molar-refractivity contribution in [3.8, 4) is 5.88 Å². The van der Waals surface area contributed by atoms with E-state index in [0.717, 1.165) is 37.6 Å². The van der Waals surface area contributed by atoms with Gasteiger partial charge in [-0.05, 0) is 24.6 Å². The molecule has 0 radical (unpaired) electrons. The number of ether oxygens (including phenoxy) is 1. The molecule has 3 heterocycles. The Balaban J connectivity index is 1.34. The van der Waals surface area contributed by atoms with Crippen LogP contribution in [0.3, 0.4) is 0 Å². The van der Waals surface area contributed by atoms with Gasteiger partial charge in [-0.3, -0.25) is 9.88 Å². The van der Waals surface area contributed by atoms with E-state index in [1.54, 1.807) is 23.7 Å². The van der Waals surface area contributed by atoms with Gasteiger partial charge in [0.05, 0.1) is 18.4 Å². The van der Waals surface area contributed by atoms with Crippen molar-refractivity contribution < 1.29 is 4.74 Å². The molecular formula is C20H22ClN5OS. The summed E-state index contributed by atoms with van der Waals surface area (Å²) in [6.45, 7) is 6.38. The van der Waals surface area contributed by atoms with Crippen LogP contribution in [0.5, 0.6) is 5.88 Å². The molecule has 1 fully saturated rings. The first-order chi connectivity index (χ1) is 13.7. The van der Waals surface area contributed by atoms with Crippen LogP contribution in [-0.2, 0) is 6.61 Å². The van der Waals surface area contributed by atoms with Crippen molar-refractivity contribution in [3.05, 3.63) is 63.8 Å². The molecule has 0 spiro atoms. The van der Waals surface area contributed by atoms with Crippen LogP contribution < -0.4 is 9.64 Å². The number of nitrogens with zero attached hydrogens (tertiary/aromatic N) is 5. The zero-order valence-electron chi connectivity index (χ0n) is 15.7. The molecule has 0 N–H and O–H groups in total. The number of piperazine rings is 1. The minimum absolute atomic E-state index is 0.348. The van der Waals surface area contributed by atoms with Crippen LogP contribution in [0.1, 0.15) is 23.5 Å². The van der Waals surface area contributed by atoms with Crippen molar-refractivity contribution in [2.24, 2.45) is 0 Å². The summed E-state index contributed by atoms with van der Waals surface area (Å²) in [7, 11) is 0. The van der Waals surface area contributed by atoms with Crippen LogP contribution in [0, 0.1) is 0 Å². The van der Waals surface area contributed by atoms with Crippen molar-refractivity contribution in [2.75, 3.05) is 31.1 Å². The number of anilines is 1. The SMILES string of the molecule is CC(c1nccs1)N1CCN(c2cncc(OCc3cccc(Cl)c3)n2)CC1. The van der Waals surface area contributed by atoms with Crippen molar-refractivity contribution >= 4 is 28.8 Å². The Morgan fingerprint density at radius 3 is 2.82 bits per heavy atom.